The number of ether oxygens (including phenoxy) is 4. The van der Waals surface area contributed by atoms with Crippen molar-refractivity contribution in [3.05, 3.63) is 34.9 Å². The summed E-state index contributed by atoms with van der Waals surface area (Å²) in [6, 6.07) is 5.37. The SMILES string of the molecule is CCOC(=O)NCCOc1cccc2c1Nc1nc(=O)n([C@H]3C[C@H](O[Si](C)(C)C(C)(C)C)[C@@H](CO[Si](C)(C)C(C)(C)C)O3)cc1O2. The Balaban J connectivity index is 1.53. The molecule has 256 valence electrons. The summed E-state index contributed by atoms with van der Waals surface area (Å²) in [6.45, 7) is 25.1. The van der Waals surface area contributed by atoms with Crippen LogP contribution in [-0.2, 0) is 18.3 Å². The van der Waals surface area contributed by atoms with Crippen molar-refractivity contribution in [3.63, 3.8) is 0 Å². The standard InChI is InChI=1S/C32H52N4O8Si2/c1-12-39-30(38)33-16-17-40-21-14-13-15-22-27(21)34-28-24(42-22)19-36(29(37)35-28)26-18-23(44-46(10,11)32(5,6)7)25(43-26)20-41-45(8,9)31(2,3)4/h13-15,19,23,25-26H,12,16-18,20H2,1-11H3,(H,33,38)(H,34,35,37)/t23-,25+,26+/m0/s1. The normalized spacial score (nSPS) is 19.8. The Morgan fingerprint density at radius 1 is 1.09 bits per heavy atom. The fourth-order valence-electron chi connectivity index (χ4n) is 4.60. The van der Waals surface area contributed by atoms with Gasteiger partial charge in [0.05, 0.1) is 32.1 Å². The highest BCUT2D eigenvalue weighted by molar-refractivity contribution is 6.74. The van der Waals surface area contributed by atoms with Crippen molar-refractivity contribution < 1.29 is 32.6 Å². The molecule has 4 rings (SSSR count). The number of fused-ring (bicyclic) bond motifs is 2. The lowest BCUT2D eigenvalue weighted by molar-refractivity contribution is -0.0413. The molecule has 3 atom stereocenters. The van der Waals surface area contributed by atoms with Crippen molar-refractivity contribution in [2.75, 3.05) is 31.7 Å². The third kappa shape index (κ3) is 8.13. The molecule has 1 aromatic heterocycles. The van der Waals surface area contributed by atoms with Crippen LogP contribution in [0.2, 0.25) is 36.3 Å². The fraction of sp³-hybridized carbons (Fsp3) is 0.656. The van der Waals surface area contributed by atoms with Gasteiger partial charge in [-0.3, -0.25) is 4.57 Å². The van der Waals surface area contributed by atoms with Crippen molar-refractivity contribution in [2.24, 2.45) is 0 Å². The second-order valence-corrected chi connectivity index (χ2v) is 24.4. The number of carbonyl (C=O) groups excluding carboxylic acids is 1. The monoisotopic (exact) mass is 676 g/mol. The van der Waals surface area contributed by atoms with Gasteiger partial charge < -0.3 is 38.4 Å². The van der Waals surface area contributed by atoms with E-state index in [-0.39, 0.29) is 41.3 Å². The molecule has 1 amide bonds. The van der Waals surface area contributed by atoms with E-state index in [0.29, 0.717) is 42.6 Å². The predicted octanol–water partition coefficient (Wildman–Crippen LogP) is 6.92. The average molecular weight is 677 g/mol. The molecule has 14 heteroatoms. The van der Waals surface area contributed by atoms with Gasteiger partial charge in [-0.15, -0.1) is 0 Å². The number of hydrogen-bond acceptors (Lipinski definition) is 10. The second-order valence-electron chi connectivity index (χ2n) is 14.8. The summed E-state index contributed by atoms with van der Waals surface area (Å²) in [5.74, 6) is 1.68. The van der Waals surface area contributed by atoms with Gasteiger partial charge in [-0.1, -0.05) is 47.6 Å². The summed E-state index contributed by atoms with van der Waals surface area (Å²) in [7, 11) is -4.21. The van der Waals surface area contributed by atoms with Crippen molar-refractivity contribution in [3.8, 4) is 17.2 Å². The highest BCUT2D eigenvalue weighted by atomic mass is 28.4. The van der Waals surface area contributed by atoms with Crippen LogP contribution in [0.25, 0.3) is 0 Å². The Hall–Kier alpha value is -2.92. The summed E-state index contributed by atoms with van der Waals surface area (Å²) in [6.07, 6.45) is 0.448. The van der Waals surface area contributed by atoms with Gasteiger partial charge in [0, 0.05) is 6.42 Å². The van der Waals surface area contributed by atoms with Gasteiger partial charge in [0.15, 0.2) is 34.0 Å². The van der Waals surface area contributed by atoms with E-state index in [4.69, 9.17) is 27.8 Å². The summed E-state index contributed by atoms with van der Waals surface area (Å²) in [5.41, 5.74) is 0.0657. The number of alkyl carbamates (subject to hydrolysis) is 1. The number of carbonyl (C=O) groups is 1. The first kappa shape index (κ1) is 35.9. The van der Waals surface area contributed by atoms with Crippen LogP contribution >= 0.6 is 0 Å². The minimum atomic E-state index is -2.16. The summed E-state index contributed by atoms with van der Waals surface area (Å²) < 4.78 is 38.5. The molecule has 0 spiro atoms. The number of benzene rings is 1. The molecule has 1 fully saturated rings. The van der Waals surface area contributed by atoms with E-state index < -0.39 is 34.6 Å². The number of hydrogen-bond donors (Lipinski definition) is 2. The quantitative estimate of drug-likeness (QED) is 0.163. The minimum absolute atomic E-state index is 0.00696. The van der Waals surface area contributed by atoms with E-state index in [0.717, 1.165) is 0 Å². The highest BCUT2D eigenvalue weighted by Gasteiger charge is 2.47. The fourth-order valence-corrected chi connectivity index (χ4v) is 6.97. The molecule has 12 nitrogen and oxygen atoms in total. The van der Waals surface area contributed by atoms with E-state index in [1.807, 2.05) is 0 Å². The number of anilines is 2. The molecule has 2 aromatic rings. The van der Waals surface area contributed by atoms with Gasteiger partial charge in [0.25, 0.3) is 0 Å². The summed E-state index contributed by atoms with van der Waals surface area (Å²) in [4.78, 5) is 29.3. The topological polar surface area (TPSA) is 131 Å². The van der Waals surface area contributed by atoms with Crippen molar-refractivity contribution in [2.45, 2.75) is 110 Å². The summed E-state index contributed by atoms with van der Waals surface area (Å²) >= 11 is 0. The second kappa shape index (κ2) is 13.7. The van der Waals surface area contributed by atoms with Crippen molar-refractivity contribution in [1.82, 2.24) is 14.9 Å². The molecule has 0 saturated carbocycles. The maximum Gasteiger partial charge on any atom is 0.407 e. The minimum Gasteiger partial charge on any atom is -0.489 e. The molecule has 0 unspecified atom stereocenters. The van der Waals surface area contributed by atoms with Gasteiger partial charge >= 0.3 is 11.8 Å². The Morgan fingerprint density at radius 3 is 2.43 bits per heavy atom. The molecule has 1 aromatic carbocycles. The Morgan fingerprint density at radius 2 is 1.78 bits per heavy atom. The zero-order valence-corrected chi connectivity index (χ0v) is 31.2. The molecule has 1 saturated heterocycles. The first-order chi connectivity index (χ1) is 21.3. The molecule has 2 aliphatic heterocycles. The first-order valence-corrected chi connectivity index (χ1v) is 21.9. The predicted molar refractivity (Wildman–Crippen MR) is 183 cm³/mol. The van der Waals surface area contributed by atoms with Gasteiger partial charge in [0.1, 0.15) is 30.4 Å². The average Bonchev–Trinajstić information content (AvgIpc) is 3.33. The largest absolute Gasteiger partial charge is 0.489 e. The molecule has 0 radical (unpaired) electrons. The number of aromatic nitrogens is 2. The number of para-hydroxylation sites is 1. The van der Waals surface area contributed by atoms with Crippen LogP contribution in [-0.4, -0.2) is 70.9 Å². The Bertz CT molecular complexity index is 1450. The molecular formula is C32H52N4O8Si2. The van der Waals surface area contributed by atoms with Gasteiger partial charge in [-0.05, 0) is 55.3 Å². The van der Waals surface area contributed by atoms with E-state index in [2.05, 4.69) is 83.3 Å². The summed E-state index contributed by atoms with van der Waals surface area (Å²) in [5, 5.41) is 5.86. The number of rotatable bonds is 11. The molecule has 0 aliphatic carbocycles. The van der Waals surface area contributed by atoms with E-state index in [1.54, 1.807) is 31.3 Å². The lowest BCUT2D eigenvalue weighted by Crippen LogP contribution is -2.48. The van der Waals surface area contributed by atoms with Crippen LogP contribution in [0.3, 0.4) is 0 Å². The first-order valence-electron chi connectivity index (χ1n) is 16.0. The van der Waals surface area contributed by atoms with Gasteiger partial charge in [-0.25, -0.2) is 9.59 Å². The van der Waals surface area contributed by atoms with Crippen LogP contribution in [0.15, 0.2) is 29.2 Å². The van der Waals surface area contributed by atoms with Gasteiger partial charge in [0.2, 0.25) is 0 Å². The smallest absolute Gasteiger partial charge is 0.407 e. The molecule has 3 heterocycles. The molecular weight excluding hydrogens is 625 g/mol. The molecule has 46 heavy (non-hydrogen) atoms. The van der Waals surface area contributed by atoms with Crippen molar-refractivity contribution >= 4 is 34.2 Å². The van der Waals surface area contributed by atoms with Gasteiger partial charge in [-0.2, -0.15) is 4.98 Å². The number of amides is 1. The van der Waals surface area contributed by atoms with E-state index in [1.165, 1.54) is 4.57 Å². The van der Waals surface area contributed by atoms with E-state index >= 15 is 0 Å². The van der Waals surface area contributed by atoms with E-state index in [9.17, 15) is 9.59 Å². The maximum atomic E-state index is 13.4. The molecule has 0 bridgehead atoms. The van der Waals surface area contributed by atoms with Crippen LogP contribution in [0.4, 0.5) is 16.3 Å². The highest BCUT2D eigenvalue weighted by Crippen LogP contribution is 2.46. The third-order valence-electron chi connectivity index (χ3n) is 9.43. The Kier molecular flexibility index (Phi) is 10.7. The molecule has 2 aliphatic rings. The van der Waals surface area contributed by atoms with Crippen LogP contribution in [0, 0.1) is 0 Å². The van der Waals surface area contributed by atoms with Crippen LogP contribution < -0.4 is 25.8 Å². The van der Waals surface area contributed by atoms with Crippen LogP contribution in [0.1, 0.15) is 61.1 Å². The number of nitrogens with one attached hydrogen (secondary N) is 2. The Labute approximate surface area is 274 Å². The lowest BCUT2D eigenvalue weighted by Gasteiger charge is -2.40. The zero-order chi connectivity index (χ0) is 34.1. The van der Waals surface area contributed by atoms with Crippen molar-refractivity contribution in [1.29, 1.82) is 0 Å². The maximum absolute atomic E-state index is 13.4. The zero-order valence-electron chi connectivity index (χ0n) is 29.2. The van der Waals surface area contributed by atoms with Crippen LogP contribution in [0.5, 0.6) is 17.2 Å². The number of nitrogens with zero attached hydrogens (tertiary/aromatic N) is 2. The third-order valence-corrected chi connectivity index (χ3v) is 18.4. The lowest BCUT2D eigenvalue weighted by atomic mass is 10.2. The molecule has 2 N–H and O–H groups in total.